The Morgan fingerprint density at radius 2 is 1.89 bits per heavy atom. The van der Waals surface area contributed by atoms with Crippen LogP contribution in [0.3, 0.4) is 0 Å². The molecule has 3 nitrogen and oxygen atoms in total. The Bertz CT molecular complexity index is 467. The number of amides is 1. The smallest absolute Gasteiger partial charge is 0.253 e. The normalized spacial score (nSPS) is 12.4. The minimum atomic E-state index is -1.09. The van der Waals surface area contributed by atoms with Crippen LogP contribution in [0.5, 0.6) is 0 Å². The van der Waals surface area contributed by atoms with Crippen molar-refractivity contribution in [1.82, 2.24) is 5.32 Å². The molecule has 5 heteroatoms. The predicted molar refractivity (Wildman–Crippen MR) is 71.9 cm³/mol. The zero-order chi connectivity index (χ0) is 14.1. The fourth-order valence-corrected chi connectivity index (χ4v) is 1.60. The average Bonchev–Trinajstić information content (AvgIpc) is 2.19. The van der Waals surface area contributed by atoms with Gasteiger partial charge in [-0.05, 0) is 61.8 Å². The number of rotatable bonds is 3. The third-order valence-corrected chi connectivity index (χ3v) is 3.82. The maximum absolute atomic E-state index is 13.1. The molecular weight excluding hydrogens is 301 g/mol. The number of nitrogens with one attached hydrogen (secondary N) is 1. The molecule has 0 aromatic heterocycles. The Hall–Kier alpha value is -0.940. The minimum Gasteiger partial charge on any atom is -0.388 e. The zero-order valence-corrected chi connectivity index (χ0v) is 12.4. The molecule has 1 aromatic carbocycles. The van der Waals surface area contributed by atoms with Crippen LogP contribution in [-0.2, 0) is 0 Å². The molecule has 0 heterocycles. The van der Waals surface area contributed by atoms with E-state index in [1.54, 1.807) is 27.7 Å². The SMILES string of the molecule is CC(C)(O)C(C)(C)NC(=O)c1cc(F)ccc1Br. The second-order valence-corrected chi connectivity index (χ2v) is 6.12. The molecule has 100 valence electrons. The summed E-state index contributed by atoms with van der Waals surface area (Å²) in [4.78, 5) is 12.1. The van der Waals surface area contributed by atoms with Crippen LogP contribution < -0.4 is 5.32 Å². The van der Waals surface area contributed by atoms with E-state index >= 15 is 0 Å². The highest BCUT2D eigenvalue weighted by molar-refractivity contribution is 9.10. The van der Waals surface area contributed by atoms with Crippen LogP contribution in [-0.4, -0.2) is 22.2 Å². The van der Waals surface area contributed by atoms with Crippen LogP contribution in [0.2, 0.25) is 0 Å². The summed E-state index contributed by atoms with van der Waals surface area (Å²) in [6.45, 7) is 6.62. The van der Waals surface area contributed by atoms with Gasteiger partial charge in [0.2, 0.25) is 0 Å². The van der Waals surface area contributed by atoms with Gasteiger partial charge in [0.15, 0.2) is 0 Å². The Morgan fingerprint density at radius 1 is 1.33 bits per heavy atom. The second-order valence-electron chi connectivity index (χ2n) is 5.26. The summed E-state index contributed by atoms with van der Waals surface area (Å²) in [6, 6.07) is 3.89. The van der Waals surface area contributed by atoms with Gasteiger partial charge in [-0.3, -0.25) is 4.79 Å². The molecule has 2 N–H and O–H groups in total. The van der Waals surface area contributed by atoms with Gasteiger partial charge in [0, 0.05) is 4.47 Å². The first kappa shape index (κ1) is 15.1. The Labute approximate surface area is 115 Å². The monoisotopic (exact) mass is 317 g/mol. The van der Waals surface area contributed by atoms with Gasteiger partial charge < -0.3 is 10.4 Å². The van der Waals surface area contributed by atoms with Crippen LogP contribution in [0.1, 0.15) is 38.1 Å². The Balaban J connectivity index is 3.00. The summed E-state index contributed by atoms with van der Waals surface area (Å²) in [5.41, 5.74) is -1.73. The lowest BCUT2D eigenvalue weighted by Crippen LogP contribution is -2.57. The van der Waals surface area contributed by atoms with Crippen molar-refractivity contribution in [2.75, 3.05) is 0 Å². The van der Waals surface area contributed by atoms with Crippen molar-refractivity contribution < 1.29 is 14.3 Å². The quantitative estimate of drug-likeness (QED) is 0.900. The maximum atomic E-state index is 13.1. The first-order valence-corrected chi connectivity index (χ1v) is 6.34. The van der Waals surface area contributed by atoms with Gasteiger partial charge in [0.05, 0.1) is 16.7 Å². The van der Waals surface area contributed by atoms with E-state index < -0.39 is 22.9 Å². The highest BCUT2D eigenvalue weighted by Gasteiger charge is 2.36. The lowest BCUT2D eigenvalue weighted by atomic mass is 9.86. The fourth-order valence-electron chi connectivity index (χ4n) is 1.18. The van der Waals surface area contributed by atoms with Gasteiger partial charge in [0.25, 0.3) is 5.91 Å². The summed E-state index contributed by atoms with van der Waals surface area (Å²) in [7, 11) is 0. The van der Waals surface area contributed by atoms with Crippen molar-refractivity contribution in [3.8, 4) is 0 Å². The number of hydrogen-bond donors (Lipinski definition) is 2. The topological polar surface area (TPSA) is 49.3 Å². The van der Waals surface area contributed by atoms with Crippen LogP contribution in [0.25, 0.3) is 0 Å². The fraction of sp³-hybridized carbons (Fsp3) is 0.462. The number of halogens is 2. The third kappa shape index (κ3) is 3.29. The predicted octanol–water partition coefficient (Wildman–Crippen LogP) is 2.87. The van der Waals surface area contributed by atoms with Crippen LogP contribution in [0.4, 0.5) is 4.39 Å². The van der Waals surface area contributed by atoms with E-state index in [2.05, 4.69) is 21.2 Å². The maximum Gasteiger partial charge on any atom is 0.253 e. The molecule has 0 saturated heterocycles. The van der Waals surface area contributed by atoms with Crippen molar-refractivity contribution in [1.29, 1.82) is 0 Å². The van der Waals surface area contributed by atoms with E-state index in [-0.39, 0.29) is 5.56 Å². The molecule has 0 fully saturated rings. The molecule has 0 bridgehead atoms. The molecule has 1 amide bonds. The summed E-state index contributed by atoms with van der Waals surface area (Å²) in [5, 5.41) is 12.7. The number of benzene rings is 1. The van der Waals surface area contributed by atoms with Crippen molar-refractivity contribution in [3.05, 3.63) is 34.1 Å². The molecular formula is C13H17BrFNO2. The van der Waals surface area contributed by atoms with Crippen LogP contribution in [0.15, 0.2) is 22.7 Å². The molecule has 1 rings (SSSR count). The molecule has 1 aromatic rings. The number of carbonyl (C=O) groups is 1. The van der Waals surface area contributed by atoms with Gasteiger partial charge in [-0.1, -0.05) is 0 Å². The molecule has 0 spiro atoms. The highest BCUT2D eigenvalue weighted by atomic mass is 79.9. The van der Waals surface area contributed by atoms with Gasteiger partial charge in [-0.15, -0.1) is 0 Å². The Morgan fingerprint density at radius 3 is 2.39 bits per heavy atom. The number of hydrogen-bond acceptors (Lipinski definition) is 2. The minimum absolute atomic E-state index is 0.201. The molecule has 0 aliphatic rings. The highest BCUT2D eigenvalue weighted by Crippen LogP contribution is 2.23. The third-order valence-electron chi connectivity index (χ3n) is 3.13. The van der Waals surface area contributed by atoms with E-state index in [1.807, 2.05) is 0 Å². The summed E-state index contributed by atoms with van der Waals surface area (Å²) >= 11 is 3.20. The average molecular weight is 318 g/mol. The van der Waals surface area contributed by atoms with E-state index in [0.717, 1.165) is 6.07 Å². The number of carbonyl (C=O) groups excluding carboxylic acids is 1. The summed E-state index contributed by atoms with van der Waals surface area (Å²) < 4.78 is 13.6. The largest absolute Gasteiger partial charge is 0.388 e. The van der Waals surface area contributed by atoms with E-state index in [9.17, 15) is 14.3 Å². The van der Waals surface area contributed by atoms with E-state index in [1.165, 1.54) is 12.1 Å². The van der Waals surface area contributed by atoms with Gasteiger partial charge >= 0.3 is 0 Å². The van der Waals surface area contributed by atoms with E-state index in [0.29, 0.717) is 4.47 Å². The standard InChI is InChI=1S/C13H17BrFNO2/c1-12(2,13(3,4)18)16-11(17)9-7-8(15)5-6-10(9)14/h5-7,18H,1-4H3,(H,16,17). The van der Waals surface area contributed by atoms with Crippen LogP contribution in [0, 0.1) is 5.82 Å². The van der Waals surface area contributed by atoms with Crippen LogP contribution >= 0.6 is 15.9 Å². The van der Waals surface area contributed by atoms with Gasteiger partial charge in [0.1, 0.15) is 5.82 Å². The number of aliphatic hydroxyl groups is 1. The van der Waals surface area contributed by atoms with Gasteiger partial charge in [-0.25, -0.2) is 4.39 Å². The van der Waals surface area contributed by atoms with Crippen molar-refractivity contribution in [2.45, 2.75) is 38.8 Å². The molecule has 0 unspecified atom stereocenters. The lowest BCUT2D eigenvalue weighted by Gasteiger charge is -2.38. The first-order chi connectivity index (χ1) is 8.04. The van der Waals surface area contributed by atoms with Crippen molar-refractivity contribution in [3.63, 3.8) is 0 Å². The Kier molecular flexibility index (Phi) is 4.18. The van der Waals surface area contributed by atoms with Crippen molar-refractivity contribution in [2.24, 2.45) is 0 Å². The first-order valence-electron chi connectivity index (χ1n) is 5.54. The van der Waals surface area contributed by atoms with Crippen molar-refractivity contribution >= 4 is 21.8 Å². The molecule has 0 atom stereocenters. The molecule has 0 aliphatic heterocycles. The van der Waals surface area contributed by atoms with Gasteiger partial charge in [-0.2, -0.15) is 0 Å². The molecule has 18 heavy (non-hydrogen) atoms. The molecule has 0 aliphatic carbocycles. The molecule has 0 saturated carbocycles. The zero-order valence-electron chi connectivity index (χ0n) is 10.8. The lowest BCUT2D eigenvalue weighted by molar-refractivity contribution is -0.00294. The summed E-state index contributed by atoms with van der Waals surface area (Å²) in [6.07, 6.45) is 0. The van der Waals surface area contributed by atoms with E-state index in [4.69, 9.17) is 0 Å². The second kappa shape index (κ2) is 4.97. The molecule has 0 radical (unpaired) electrons. The summed E-state index contributed by atoms with van der Waals surface area (Å²) in [5.74, 6) is -0.919.